The molecule has 1 amide bonds. The van der Waals surface area contributed by atoms with Gasteiger partial charge in [0.1, 0.15) is 11.6 Å². The zero-order chi connectivity index (χ0) is 21.3. The van der Waals surface area contributed by atoms with Crippen molar-refractivity contribution >= 4 is 39.2 Å². The van der Waals surface area contributed by atoms with E-state index < -0.39 is 23.5 Å². The summed E-state index contributed by atoms with van der Waals surface area (Å²) in [4.78, 5) is 31.5. The van der Waals surface area contributed by atoms with Crippen LogP contribution in [0.2, 0.25) is 0 Å². The third kappa shape index (κ3) is 3.48. The third-order valence-corrected chi connectivity index (χ3v) is 5.38. The molecule has 150 valence electrons. The highest BCUT2D eigenvalue weighted by atomic mass is 79.9. The second-order valence-corrected chi connectivity index (χ2v) is 7.54. The van der Waals surface area contributed by atoms with Gasteiger partial charge in [0.2, 0.25) is 5.78 Å². The second kappa shape index (κ2) is 8.12. The minimum absolute atomic E-state index is 0.110. The summed E-state index contributed by atoms with van der Waals surface area (Å²) < 4.78 is 6.03. The maximum absolute atomic E-state index is 13.4. The number of aromatic nitrogens is 1. The van der Waals surface area contributed by atoms with Gasteiger partial charge >= 0.3 is 5.91 Å². The largest absolute Gasteiger partial charge is 0.872 e. The summed E-state index contributed by atoms with van der Waals surface area (Å²) in [6.07, 6.45) is 1.54. The molecule has 7 heteroatoms. The van der Waals surface area contributed by atoms with Crippen molar-refractivity contribution in [3.8, 4) is 5.75 Å². The summed E-state index contributed by atoms with van der Waals surface area (Å²) in [6.45, 7) is 0. The summed E-state index contributed by atoms with van der Waals surface area (Å²) in [6, 6.07) is 17.8. The third-order valence-electron chi connectivity index (χ3n) is 4.85. The Hall–Kier alpha value is -3.45. The molecule has 1 saturated heterocycles. The number of rotatable bonds is 4. The number of ether oxygens (including phenoxy) is 1. The number of carbonyl (C=O) groups excluding carboxylic acids is 2. The van der Waals surface area contributed by atoms with E-state index in [4.69, 9.17) is 4.74 Å². The highest BCUT2D eigenvalue weighted by Crippen LogP contribution is 2.41. The Morgan fingerprint density at radius 3 is 2.50 bits per heavy atom. The highest BCUT2D eigenvalue weighted by Gasteiger charge is 2.45. The van der Waals surface area contributed by atoms with Crippen molar-refractivity contribution in [1.82, 2.24) is 4.98 Å². The van der Waals surface area contributed by atoms with E-state index in [0.29, 0.717) is 17.1 Å². The average Bonchev–Trinajstić information content (AvgIpc) is 3.05. The monoisotopic (exact) mass is 463 g/mol. The average molecular weight is 464 g/mol. The molecule has 0 bridgehead atoms. The fourth-order valence-corrected chi connectivity index (χ4v) is 3.70. The highest BCUT2D eigenvalue weighted by molar-refractivity contribution is 9.10. The molecule has 0 radical (unpaired) electrons. The van der Waals surface area contributed by atoms with Gasteiger partial charge in [-0.05, 0) is 47.5 Å². The maximum atomic E-state index is 13.4. The zero-order valence-corrected chi connectivity index (χ0v) is 17.5. The summed E-state index contributed by atoms with van der Waals surface area (Å²) in [5, 5.41) is 13.4. The van der Waals surface area contributed by atoms with Crippen molar-refractivity contribution in [2.45, 2.75) is 6.04 Å². The molecule has 1 aliphatic heterocycles. The topological polar surface area (TPSA) is 82.6 Å². The SMILES string of the molecule is COc1cccc(C([O-])=C2C(=O)C(=O)N(c3ccccn3)C2c2ccc(Br)cc2)c1. The van der Waals surface area contributed by atoms with Gasteiger partial charge in [-0.2, -0.15) is 0 Å². The Kier molecular flexibility index (Phi) is 5.37. The molecule has 1 fully saturated rings. The van der Waals surface area contributed by atoms with Gasteiger partial charge in [0.25, 0.3) is 0 Å². The Morgan fingerprint density at radius 2 is 1.83 bits per heavy atom. The lowest BCUT2D eigenvalue weighted by atomic mass is 9.95. The van der Waals surface area contributed by atoms with E-state index in [2.05, 4.69) is 20.9 Å². The number of pyridine rings is 1. The van der Waals surface area contributed by atoms with E-state index >= 15 is 0 Å². The van der Waals surface area contributed by atoms with Crippen molar-refractivity contribution in [3.63, 3.8) is 0 Å². The van der Waals surface area contributed by atoms with Gasteiger partial charge < -0.3 is 9.84 Å². The van der Waals surface area contributed by atoms with Crippen molar-refractivity contribution in [2.75, 3.05) is 12.0 Å². The zero-order valence-electron chi connectivity index (χ0n) is 15.9. The van der Waals surface area contributed by atoms with Crippen LogP contribution >= 0.6 is 15.9 Å². The molecule has 0 aliphatic carbocycles. The number of methoxy groups -OCH3 is 1. The molecule has 3 aromatic rings. The lowest BCUT2D eigenvalue weighted by Crippen LogP contribution is -2.30. The molecule has 30 heavy (non-hydrogen) atoms. The summed E-state index contributed by atoms with van der Waals surface area (Å²) in [7, 11) is 1.49. The molecule has 2 heterocycles. The molecule has 1 unspecified atom stereocenters. The minimum atomic E-state index is -0.883. The van der Waals surface area contributed by atoms with Gasteiger partial charge in [0.15, 0.2) is 0 Å². The predicted molar refractivity (Wildman–Crippen MR) is 114 cm³/mol. The second-order valence-electron chi connectivity index (χ2n) is 6.62. The number of halogens is 1. The maximum Gasteiger partial charge on any atom is 0.301 e. The molecule has 0 N–H and O–H groups in total. The quantitative estimate of drug-likeness (QED) is 0.336. The molecular weight excluding hydrogens is 448 g/mol. The first-order valence-electron chi connectivity index (χ1n) is 9.11. The summed E-state index contributed by atoms with van der Waals surface area (Å²) in [5.74, 6) is -1.34. The standard InChI is InChI=1S/C23H17BrN2O4/c1-30-17-6-4-5-15(13-17)21(27)19-20(14-8-10-16(24)11-9-14)26(23(29)22(19)28)18-7-2-3-12-25-18/h2-13,20,27H,1H3/p-1. The van der Waals surface area contributed by atoms with Gasteiger partial charge in [0.05, 0.1) is 13.2 Å². The van der Waals surface area contributed by atoms with Crippen LogP contribution in [0.5, 0.6) is 5.75 Å². The van der Waals surface area contributed by atoms with Crippen molar-refractivity contribution < 1.29 is 19.4 Å². The van der Waals surface area contributed by atoms with Crippen LogP contribution in [0.4, 0.5) is 5.82 Å². The Morgan fingerprint density at radius 1 is 1.07 bits per heavy atom. The van der Waals surface area contributed by atoms with E-state index in [0.717, 1.165) is 4.47 Å². The molecule has 0 saturated carbocycles. The first kappa shape index (κ1) is 19.8. The molecule has 6 nitrogen and oxygen atoms in total. The van der Waals surface area contributed by atoms with Crippen LogP contribution in [0.15, 0.2) is 83.0 Å². The molecular formula is C23H16BrN2O4-. The molecule has 1 aliphatic rings. The molecule has 4 rings (SSSR count). The predicted octanol–water partition coefficient (Wildman–Crippen LogP) is 3.28. The lowest BCUT2D eigenvalue weighted by Gasteiger charge is -2.27. The van der Waals surface area contributed by atoms with Crippen LogP contribution in [0, 0.1) is 0 Å². The van der Waals surface area contributed by atoms with Gasteiger partial charge in [-0.15, -0.1) is 0 Å². The number of carbonyl (C=O) groups is 2. The van der Waals surface area contributed by atoms with Crippen LogP contribution in [0.25, 0.3) is 5.76 Å². The molecule has 0 spiro atoms. The van der Waals surface area contributed by atoms with Crippen LogP contribution < -0.4 is 14.7 Å². The molecule has 1 aromatic heterocycles. The first-order chi connectivity index (χ1) is 14.5. The number of nitrogens with zero attached hydrogens (tertiary/aromatic N) is 2. The smallest absolute Gasteiger partial charge is 0.301 e. The van der Waals surface area contributed by atoms with Gasteiger partial charge in [-0.25, -0.2) is 4.98 Å². The Labute approximate surface area is 181 Å². The fourth-order valence-electron chi connectivity index (χ4n) is 3.44. The number of benzene rings is 2. The van der Waals surface area contributed by atoms with Crippen LogP contribution in [-0.4, -0.2) is 23.8 Å². The fraction of sp³-hybridized carbons (Fsp3) is 0.0870. The number of hydrogen-bond acceptors (Lipinski definition) is 5. The van der Waals surface area contributed by atoms with Crippen LogP contribution in [0.1, 0.15) is 17.2 Å². The minimum Gasteiger partial charge on any atom is -0.872 e. The van der Waals surface area contributed by atoms with E-state index in [1.54, 1.807) is 66.7 Å². The normalized spacial score (nSPS) is 17.9. The molecule has 2 aromatic carbocycles. The summed E-state index contributed by atoms with van der Waals surface area (Å²) in [5.41, 5.74) is 0.797. The van der Waals surface area contributed by atoms with Crippen molar-refractivity contribution in [3.05, 3.63) is 94.1 Å². The first-order valence-corrected chi connectivity index (χ1v) is 9.90. The number of Topliss-reactive ketones (excluding diaryl/α,β-unsaturated/α-hetero) is 1. The Balaban J connectivity index is 1.94. The van der Waals surface area contributed by atoms with Crippen LogP contribution in [-0.2, 0) is 9.59 Å². The van der Waals surface area contributed by atoms with Crippen molar-refractivity contribution in [1.29, 1.82) is 0 Å². The van der Waals surface area contributed by atoms with Crippen LogP contribution in [0.3, 0.4) is 0 Å². The summed E-state index contributed by atoms with van der Waals surface area (Å²) >= 11 is 3.39. The Bertz CT molecular complexity index is 1140. The van der Waals surface area contributed by atoms with Crippen molar-refractivity contribution in [2.24, 2.45) is 0 Å². The van der Waals surface area contributed by atoms with Gasteiger partial charge in [0, 0.05) is 16.2 Å². The van der Waals surface area contributed by atoms with E-state index in [1.165, 1.54) is 18.2 Å². The number of hydrogen-bond donors (Lipinski definition) is 0. The number of anilines is 1. The van der Waals surface area contributed by atoms with Gasteiger partial charge in [-0.1, -0.05) is 52.0 Å². The number of amides is 1. The molecule has 1 atom stereocenters. The number of ketones is 1. The van der Waals surface area contributed by atoms with E-state index in [9.17, 15) is 14.7 Å². The van der Waals surface area contributed by atoms with E-state index in [1.807, 2.05) is 0 Å². The van der Waals surface area contributed by atoms with Gasteiger partial charge in [-0.3, -0.25) is 14.5 Å². The lowest BCUT2D eigenvalue weighted by molar-refractivity contribution is -0.245. The van der Waals surface area contributed by atoms with E-state index in [-0.39, 0.29) is 11.1 Å².